The zero-order valence-electron chi connectivity index (χ0n) is 15.8. The van der Waals surface area contributed by atoms with Gasteiger partial charge in [0.25, 0.3) is 0 Å². The summed E-state index contributed by atoms with van der Waals surface area (Å²) >= 11 is 5.75. The Morgan fingerprint density at radius 3 is 2.41 bits per heavy atom. The van der Waals surface area contributed by atoms with Gasteiger partial charge in [-0.3, -0.25) is 0 Å². The zero-order valence-corrected chi connectivity index (χ0v) is 16.6. The van der Waals surface area contributed by atoms with Gasteiger partial charge in [-0.15, -0.1) is 0 Å². The van der Waals surface area contributed by atoms with E-state index in [9.17, 15) is 4.39 Å². The number of hydrogen-bond donors (Lipinski definition) is 0. The van der Waals surface area contributed by atoms with E-state index in [2.05, 4.69) is 30.9 Å². The molecule has 0 spiro atoms. The van der Waals surface area contributed by atoms with Crippen LogP contribution in [-0.2, 0) is 0 Å². The zero-order chi connectivity index (χ0) is 19.1. The summed E-state index contributed by atoms with van der Waals surface area (Å²) in [5.41, 5.74) is 2.81. The van der Waals surface area contributed by atoms with Crippen molar-refractivity contribution in [3.63, 3.8) is 0 Å². The lowest BCUT2D eigenvalue weighted by Gasteiger charge is -2.23. The van der Waals surface area contributed by atoms with Crippen LogP contribution >= 0.6 is 11.6 Å². The number of unbranched alkanes of at least 4 members (excludes halogenated alkanes) is 1. The molecule has 27 heavy (non-hydrogen) atoms. The standard InChI is InChI=1S/C25H26ClF/c1-2-3-4-5-19-6-8-20(9-7-19)10-11-21-12-14-22(15-13-21)23-16-17-24(26)25(27)18-23/h4-5,12-20H,2-3,6-9H2,1H3. The van der Waals surface area contributed by atoms with Crippen molar-refractivity contribution in [2.24, 2.45) is 11.8 Å². The molecule has 0 N–H and O–H groups in total. The maximum Gasteiger partial charge on any atom is 0.142 e. The molecular weight excluding hydrogens is 355 g/mol. The summed E-state index contributed by atoms with van der Waals surface area (Å²) in [7, 11) is 0. The van der Waals surface area contributed by atoms with Crippen molar-refractivity contribution in [2.75, 3.05) is 0 Å². The lowest BCUT2D eigenvalue weighted by molar-refractivity contribution is 0.364. The van der Waals surface area contributed by atoms with Gasteiger partial charge in [0.1, 0.15) is 5.82 Å². The minimum Gasteiger partial charge on any atom is -0.205 e. The van der Waals surface area contributed by atoms with Crippen molar-refractivity contribution in [2.45, 2.75) is 45.4 Å². The molecule has 140 valence electrons. The first-order valence-electron chi connectivity index (χ1n) is 9.89. The fraction of sp³-hybridized carbons (Fsp3) is 0.360. The first-order valence-corrected chi connectivity index (χ1v) is 10.3. The van der Waals surface area contributed by atoms with Crippen LogP contribution in [0.15, 0.2) is 54.6 Å². The molecule has 3 rings (SSSR count). The van der Waals surface area contributed by atoms with Gasteiger partial charge in [0.15, 0.2) is 0 Å². The Bertz CT molecular complexity index is 831. The second-order valence-corrected chi connectivity index (χ2v) is 7.71. The monoisotopic (exact) mass is 380 g/mol. The molecular formula is C25H26ClF. The topological polar surface area (TPSA) is 0 Å². The first-order chi connectivity index (χ1) is 13.2. The molecule has 0 unspecified atom stereocenters. The van der Waals surface area contributed by atoms with Gasteiger partial charge in [0.05, 0.1) is 5.02 Å². The summed E-state index contributed by atoms with van der Waals surface area (Å²) in [6.07, 6.45) is 12.0. The fourth-order valence-corrected chi connectivity index (χ4v) is 3.64. The SMILES string of the molecule is CCCC=CC1CCC(C#Cc2ccc(-c3ccc(Cl)c(F)c3)cc2)CC1. The van der Waals surface area contributed by atoms with Gasteiger partial charge in [0, 0.05) is 11.5 Å². The quantitative estimate of drug-likeness (QED) is 0.377. The number of halogens is 2. The third-order valence-corrected chi connectivity index (χ3v) is 5.50. The van der Waals surface area contributed by atoms with E-state index in [0.717, 1.165) is 22.6 Å². The smallest absolute Gasteiger partial charge is 0.142 e. The molecule has 2 aromatic carbocycles. The number of allylic oxidation sites excluding steroid dienone is 2. The van der Waals surface area contributed by atoms with Crippen LogP contribution in [-0.4, -0.2) is 0 Å². The molecule has 0 aromatic heterocycles. The third-order valence-electron chi connectivity index (χ3n) is 5.19. The van der Waals surface area contributed by atoms with Gasteiger partial charge in [0.2, 0.25) is 0 Å². The van der Waals surface area contributed by atoms with E-state index in [0.29, 0.717) is 5.92 Å². The molecule has 1 aliphatic carbocycles. The van der Waals surface area contributed by atoms with E-state index in [-0.39, 0.29) is 5.02 Å². The van der Waals surface area contributed by atoms with Gasteiger partial charge in [-0.1, -0.05) is 67.1 Å². The molecule has 2 heteroatoms. The highest BCUT2D eigenvalue weighted by Crippen LogP contribution is 2.29. The van der Waals surface area contributed by atoms with Gasteiger partial charge in [-0.25, -0.2) is 4.39 Å². The van der Waals surface area contributed by atoms with Gasteiger partial charge >= 0.3 is 0 Å². The number of benzene rings is 2. The highest BCUT2D eigenvalue weighted by atomic mass is 35.5. The molecule has 0 aliphatic heterocycles. The van der Waals surface area contributed by atoms with Crippen LogP contribution in [0.5, 0.6) is 0 Å². The van der Waals surface area contributed by atoms with Crippen LogP contribution < -0.4 is 0 Å². The summed E-state index contributed by atoms with van der Waals surface area (Å²) in [4.78, 5) is 0. The fourth-order valence-electron chi connectivity index (χ4n) is 3.52. The first kappa shape index (κ1) is 19.7. The molecule has 2 aromatic rings. The Balaban J connectivity index is 1.57. The average Bonchev–Trinajstić information content (AvgIpc) is 2.70. The van der Waals surface area contributed by atoms with Crippen LogP contribution in [0, 0.1) is 29.5 Å². The van der Waals surface area contributed by atoms with Crippen molar-refractivity contribution in [1.29, 1.82) is 0 Å². The summed E-state index contributed by atoms with van der Waals surface area (Å²) in [5, 5.41) is 0.150. The summed E-state index contributed by atoms with van der Waals surface area (Å²) in [6, 6.07) is 12.9. The maximum atomic E-state index is 13.6. The van der Waals surface area contributed by atoms with Crippen molar-refractivity contribution < 1.29 is 4.39 Å². The highest BCUT2D eigenvalue weighted by Gasteiger charge is 2.17. The van der Waals surface area contributed by atoms with Crippen LogP contribution in [0.2, 0.25) is 5.02 Å². The third kappa shape index (κ3) is 5.72. The lowest BCUT2D eigenvalue weighted by atomic mass is 9.82. The molecule has 1 saturated carbocycles. The minimum atomic E-state index is -0.391. The normalized spacial score (nSPS) is 19.7. The molecule has 0 radical (unpaired) electrons. The van der Waals surface area contributed by atoms with E-state index in [1.165, 1.54) is 44.6 Å². The Morgan fingerprint density at radius 2 is 1.74 bits per heavy atom. The van der Waals surface area contributed by atoms with Crippen molar-refractivity contribution in [3.05, 3.63) is 71.0 Å². The molecule has 0 atom stereocenters. The van der Waals surface area contributed by atoms with Crippen LogP contribution in [0.25, 0.3) is 11.1 Å². The summed E-state index contributed by atoms with van der Waals surface area (Å²) in [5.74, 6) is 7.63. The van der Waals surface area contributed by atoms with Gasteiger partial charge in [-0.2, -0.15) is 0 Å². The second-order valence-electron chi connectivity index (χ2n) is 7.30. The minimum absolute atomic E-state index is 0.150. The van der Waals surface area contributed by atoms with Crippen LogP contribution in [0.3, 0.4) is 0 Å². The van der Waals surface area contributed by atoms with Gasteiger partial charge in [-0.05, 0) is 73.4 Å². The summed E-state index contributed by atoms with van der Waals surface area (Å²) < 4.78 is 13.6. The molecule has 1 fully saturated rings. The van der Waals surface area contributed by atoms with Crippen molar-refractivity contribution >= 4 is 11.6 Å². The van der Waals surface area contributed by atoms with E-state index >= 15 is 0 Å². The van der Waals surface area contributed by atoms with Gasteiger partial charge < -0.3 is 0 Å². The molecule has 0 amide bonds. The van der Waals surface area contributed by atoms with Crippen molar-refractivity contribution in [1.82, 2.24) is 0 Å². The largest absolute Gasteiger partial charge is 0.205 e. The van der Waals surface area contributed by atoms with E-state index < -0.39 is 5.82 Å². The van der Waals surface area contributed by atoms with Crippen LogP contribution in [0.1, 0.15) is 51.0 Å². The Hall–Kier alpha value is -2.04. The Kier molecular flexibility index (Phi) is 7.13. The van der Waals surface area contributed by atoms with E-state index in [1.807, 2.05) is 30.3 Å². The summed E-state index contributed by atoms with van der Waals surface area (Å²) in [6.45, 7) is 2.22. The molecule has 0 nitrogen and oxygen atoms in total. The molecule has 0 heterocycles. The predicted octanol–water partition coefficient (Wildman–Crippen LogP) is 7.66. The Morgan fingerprint density at radius 1 is 1.04 bits per heavy atom. The predicted molar refractivity (Wildman–Crippen MR) is 113 cm³/mol. The molecule has 0 bridgehead atoms. The maximum absolute atomic E-state index is 13.6. The molecule has 1 aliphatic rings. The number of hydrogen-bond acceptors (Lipinski definition) is 0. The Labute approximate surface area is 167 Å². The second kappa shape index (κ2) is 9.77. The van der Waals surface area contributed by atoms with E-state index in [1.54, 1.807) is 6.07 Å². The number of rotatable bonds is 4. The highest BCUT2D eigenvalue weighted by molar-refractivity contribution is 6.30. The van der Waals surface area contributed by atoms with E-state index in [4.69, 9.17) is 11.6 Å². The lowest BCUT2D eigenvalue weighted by Crippen LogP contribution is -2.11. The van der Waals surface area contributed by atoms with Crippen LogP contribution in [0.4, 0.5) is 4.39 Å². The molecule has 0 saturated heterocycles. The average molecular weight is 381 g/mol. The van der Waals surface area contributed by atoms with Crippen molar-refractivity contribution in [3.8, 4) is 23.0 Å².